The van der Waals surface area contributed by atoms with Gasteiger partial charge in [0.15, 0.2) is 0 Å². The normalized spacial score (nSPS) is 20.4. The van der Waals surface area contributed by atoms with Crippen LogP contribution in [0.4, 0.5) is 4.79 Å². The minimum Gasteiger partial charge on any atom is -0.465 e. The van der Waals surface area contributed by atoms with E-state index in [0.29, 0.717) is 18.7 Å². The Morgan fingerprint density at radius 2 is 2.21 bits per heavy atom. The second kappa shape index (κ2) is 6.06. The Hall–Kier alpha value is -1.56. The zero-order valence-electron chi connectivity index (χ0n) is 10.3. The number of piperidine rings is 1. The maximum absolute atomic E-state index is 11.3. The predicted octanol–water partition coefficient (Wildman–Crippen LogP) is 3.16. The van der Waals surface area contributed by atoms with Gasteiger partial charge in [-0.1, -0.05) is 33.2 Å². The highest BCUT2D eigenvalue weighted by Gasteiger charge is 2.31. The number of carbonyl (C=O) groups is 1. The molecule has 6 heteroatoms. The molecule has 102 valence electrons. The van der Waals surface area contributed by atoms with Gasteiger partial charge >= 0.3 is 6.09 Å². The van der Waals surface area contributed by atoms with E-state index in [0.717, 1.165) is 22.9 Å². The molecule has 1 saturated heterocycles. The maximum atomic E-state index is 11.3. The summed E-state index contributed by atoms with van der Waals surface area (Å²) in [6, 6.07) is 6.95. The molecule has 5 nitrogen and oxygen atoms in total. The molecule has 2 N–H and O–H groups in total. The highest BCUT2D eigenvalue weighted by molar-refractivity contribution is 9.10. The van der Waals surface area contributed by atoms with Crippen LogP contribution in [0, 0.1) is 0 Å². The molecule has 1 aromatic carbocycles. The van der Waals surface area contributed by atoms with E-state index in [2.05, 4.69) is 21.1 Å². The summed E-state index contributed by atoms with van der Waals surface area (Å²) in [5.41, 5.74) is 1.14. The monoisotopic (exact) mass is 326 g/mol. The van der Waals surface area contributed by atoms with E-state index in [1.165, 1.54) is 4.90 Å². The van der Waals surface area contributed by atoms with Gasteiger partial charge in [-0.05, 0) is 31.4 Å². The minimum atomic E-state index is -0.971. The molecule has 1 aliphatic heterocycles. The molecule has 1 heterocycles. The first kappa shape index (κ1) is 13.9. The molecule has 0 saturated carbocycles. The SMILES string of the molecule is O=C(O)N1CCCC[C@H]1/C(=N\O)c1cccc(Br)c1. The summed E-state index contributed by atoms with van der Waals surface area (Å²) in [5, 5.41) is 21.9. The van der Waals surface area contributed by atoms with Crippen molar-refractivity contribution in [3.8, 4) is 0 Å². The number of hydrogen-bond acceptors (Lipinski definition) is 3. The first-order valence-electron chi connectivity index (χ1n) is 6.11. The van der Waals surface area contributed by atoms with Crippen LogP contribution in [-0.4, -0.2) is 39.6 Å². The summed E-state index contributed by atoms with van der Waals surface area (Å²) in [6.45, 7) is 0.479. The van der Waals surface area contributed by atoms with E-state index in [1.807, 2.05) is 24.3 Å². The summed E-state index contributed by atoms with van der Waals surface area (Å²) in [4.78, 5) is 12.6. The fraction of sp³-hybridized carbons (Fsp3) is 0.385. The number of likely N-dealkylation sites (tertiary alicyclic amines) is 1. The average molecular weight is 327 g/mol. The Kier molecular flexibility index (Phi) is 4.42. The molecule has 19 heavy (non-hydrogen) atoms. The Bertz CT molecular complexity index is 504. The van der Waals surface area contributed by atoms with E-state index >= 15 is 0 Å². The Labute approximate surface area is 119 Å². The van der Waals surface area contributed by atoms with E-state index in [1.54, 1.807) is 0 Å². The molecule has 1 atom stereocenters. The smallest absolute Gasteiger partial charge is 0.407 e. The molecule has 1 aromatic rings. The molecule has 1 amide bonds. The summed E-state index contributed by atoms with van der Waals surface area (Å²) in [7, 11) is 0. The second-order valence-electron chi connectivity index (χ2n) is 4.48. The van der Waals surface area contributed by atoms with Gasteiger partial charge in [0.1, 0.15) is 5.71 Å². The van der Waals surface area contributed by atoms with Crippen LogP contribution in [0.1, 0.15) is 24.8 Å². The molecule has 0 aliphatic carbocycles. The highest BCUT2D eigenvalue weighted by atomic mass is 79.9. The molecule has 0 aromatic heterocycles. The zero-order chi connectivity index (χ0) is 13.8. The lowest BCUT2D eigenvalue weighted by atomic mass is 9.94. The zero-order valence-corrected chi connectivity index (χ0v) is 11.9. The fourth-order valence-electron chi connectivity index (χ4n) is 2.41. The van der Waals surface area contributed by atoms with Crippen LogP contribution in [0.15, 0.2) is 33.9 Å². The van der Waals surface area contributed by atoms with Gasteiger partial charge in [0.25, 0.3) is 0 Å². The maximum Gasteiger partial charge on any atom is 0.407 e. The van der Waals surface area contributed by atoms with Gasteiger partial charge in [0.05, 0.1) is 6.04 Å². The average Bonchev–Trinajstić information content (AvgIpc) is 2.40. The first-order valence-corrected chi connectivity index (χ1v) is 6.90. The van der Waals surface area contributed by atoms with Gasteiger partial charge in [-0.15, -0.1) is 0 Å². The topological polar surface area (TPSA) is 73.1 Å². The lowest BCUT2D eigenvalue weighted by molar-refractivity contribution is 0.123. The third-order valence-corrected chi connectivity index (χ3v) is 3.79. The highest BCUT2D eigenvalue weighted by Crippen LogP contribution is 2.23. The van der Waals surface area contributed by atoms with E-state index in [4.69, 9.17) is 0 Å². The lowest BCUT2D eigenvalue weighted by Crippen LogP contribution is -2.47. The van der Waals surface area contributed by atoms with Crippen molar-refractivity contribution in [1.29, 1.82) is 0 Å². The summed E-state index contributed by atoms with van der Waals surface area (Å²) in [5.74, 6) is 0. The second-order valence-corrected chi connectivity index (χ2v) is 5.40. The number of amides is 1. The fourth-order valence-corrected chi connectivity index (χ4v) is 2.81. The van der Waals surface area contributed by atoms with Crippen LogP contribution in [0.25, 0.3) is 0 Å². The Balaban J connectivity index is 2.33. The van der Waals surface area contributed by atoms with Crippen molar-refractivity contribution >= 4 is 27.7 Å². The Morgan fingerprint density at radius 1 is 1.42 bits per heavy atom. The quantitative estimate of drug-likeness (QED) is 0.498. The van der Waals surface area contributed by atoms with Crippen molar-refractivity contribution in [2.45, 2.75) is 25.3 Å². The van der Waals surface area contributed by atoms with Crippen LogP contribution >= 0.6 is 15.9 Å². The summed E-state index contributed by atoms with van der Waals surface area (Å²) >= 11 is 3.36. The van der Waals surface area contributed by atoms with E-state index in [9.17, 15) is 15.1 Å². The molecule has 0 spiro atoms. The van der Waals surface area contributed by atoms with Crippen molar-refractivity contribution in [3.05, 3.63) is 34.3 Å². The number of halogens is 1. The molecular formula is C13H15BrN2O3. The van der Waals surface area contributed by atoms with Crippen LogP contribution in [-0.2, 0) is 0 Å². The van der Waals surface area contributed by atoms with Crippen molar-refractivity contribution in [2.24, 2.45) is 5.16 Å². The molecule has 1 aliphatic rings. The minimum absolute atomic E-state index is 0.384. The standard InChI is InChI=1S/C13H15BrN2O3/c14-10-5-3-4-9(8-10)12(15-19)11-6-1-2-7-16(11)13(17)18/h3-5,8,11,19H,1-2,6-7H2,(H,17,18)/b15-12-/t11-/m0/s1. The van der Waals surface area contributed by atoms with Crippen molar-refractivity contribution in [1.82, 2.24) is 4.90 Å². The number of oxime groups is 1. The number of hydrogen-bond donors (Lipinski definition) is 2. The number of carboxylic acid groups (broad SMARTS) is 1. The van der Waals surface area contributed by atoms with Crippen molar-refractivity contribution in [3.63, 3.8) is 0 Å². The molecule has 1 fully saturated rings. The number of rotatable bonds is 2. The molecule has 0 unspecified atom stereocenters. The summed E-state index contributed by atoms with van der Waals surface area (Å²) < 4.78 is 0.865. The van der Waals surface area contributed by atoms with Crippen LogP contribution < -0.4 is 0 Å². The van der Waals surface area contributed by atoms with Crippen LogP contribution in [0.3, 0.4) is 0 Å². The lowest BCUT2D eigenvalue weighted by Gasteiger charge is -2.33. The van der Waals surface area contributed by atoms with Crippen LogP contribution in [0.2, 0.25) is 0 Å². The van der Waals surface area contributed by atoms with Gasteiger partial charge in [0, 0.05) is 16.6 Å². The molecule has 0 bridgehead atoms. The van der Waals surface area contributed by atoms with Gasteiger partial charge < -0.3 is 10.3 Å². The van der Waals surface area contributed by atoms with Crippen LogP contribution in [0.5, 0.6) is 0 Å². The number of nitrogens with zero attached hydrogens (tertiary/aromatic N) is 2. The predicted molar refractivity (Wildman–Crippen MR) is 74.8 cm³/mol. The largest absolute Gasteiger partial charge is 0.465 e. The molecule has 0 radical (unpaired) electrons. The van der Waals surface area contributed by atoms with Crippen molar-refractivity contribution in [2.75, 3.05) is 6.54 Å². The number of benzene rings is 1. The van der Waals surface area contributed by atoms with Gasteiger partial charge in [-0.25, -0.2) is 4.79 Å². The van der Waals surface area contributed by atoms with E-state index in [-0.39, 0.29) is 6.04 Å². The molecule has 2 rings (SSSR count). The van der Waals surface area contributed by atoms with E-state index < -0.39 is 6.09 Å². The Morgan fingerprint density at radius 3 is 2.84 bits per heavy atom. The van der Waals surface area contributed by atoms with Crippen molar-refractivity contribution < 1.29 is 15.1 Å². The molecular weight excluding hydrogens is 312 g/mol. The first-order chi connectivity index (χ1) is 9.13. The van der Waals surface area contributed by atoms with Gasteiger partial charge in [-0.2, -0.15) is 0 Å². The third kappa shape index (κ3) is 3.07. The van der Waals surface area contributed by atoms with Gasteiger partial charge in [-0.3, -0.25) is 4.90 Å². The summed E-state index contributed by atoms with van der Waals surface area (Å²) in [6.07, 6.45) is 1.49. The third-order valence-electron chi connectivity index (χ3n) is 3.29. The van der Waals surface area contributed by atoms with Gasteiger partial charge in [0.2, 0.25) is 0 Å².